The maximum atomic E-state index is 11.7. The second kappa shape index (κ2) is 19.5. The molecule has 30 heavy (non-hydrogen) atoms. The smallest absolute Gasteiger partial charge is 0.351 e. The predicted molar refractivity (Wildman–Crippen MR) is 124 cm³/mol. The monoisotopic (exact) mass is 441 g/mol. The maximum absolute atomic E-state index is 11.7. The molecule has 172 valence electrons. The van der Waals surface area contributed by atoms with E-state index in [1.165, 1.54) is 25.7 Å². The molecule has 0 aromatic rings. The molecular formula is C23H40NO5P. The Labute approximate surface area is 182 Å². The molecule has 1 atom stereocenters. The molecule has 6 nitrogen and oxygen atoms in total. The lowest BCUT2D eigenvalue weighted by Crippen LogP contribution is -2.35. The standard InChI is InChI=1S/C23H40NO5P/c1-3-4-5-6-7-8-9-10-11-12-13-14-15-16-17-18-19-20-23(25)24-22(2)21-29-30(26,27)28/h7-8,10-11,13-14,16-17,22H,3-6,9,12,15,18-21H2,1-2H3,(H,24,25)(H2,26,27,28). The van der Waals surface area contributed by atoms with E-state index in [9.17, 15) is 9.36 Å². The van der Waals surface area contributed by atoms with Gasteiger partial charge in [-0.2, -0.15) is 0 Å². The topological polar surface area (TPSA) is 95.9 Å². The third kappa shape index (κ3) is 22.8. The van der Waals surface area contributed by atoms with Gasteiger partial charge in [-0.3, -0.25) is 9.32 Å². The van der Waals surface area contributed by atoms with Crippen LogP contribution in [-0.4, -0.2) is 28.3 Å². The second-order valence-electron chi connectivity index (χ2n) is 7.24. The molecule has 1 amide bonds. The normalized spacial score (nSPS) is 13.9. The number of hydrogen-bond acceptors (Lipinski definition) is 3. The van der Waals surface area contributed by atoms with Crippen LogP contribution in [0.1, 0.15) is 78.1 Å². The van der Waals surface area contributed by atoms with E-state index in [0.717, 1.165) is 32.1 Å². The maximum Gasteiger partial charge on any atom is 0.469 e. The van der Waals surface area contributed by atoms with Crippen molar-refractivity contribution in [3.05, 3.63) is 48.6 Å². The summed E-state index contributed by atoms with van der Waals surface area (Å²) in [5, 5.41) is 2.65. The van der Waals surface area contributed by atoms with Crippen molar-refractivity contribution < 1.29 is 23.7 Å². The van der Waals surface area contributed by atoms with Gasteiger partial charge in [0.05, 0.1) is 6.61 Å². The van der Waals surface area contributed by atoms with Crippen molar-refractivity contribution in [3.63, 3.8) is 0 Å². The lowest BCUT2D eigenvalue weighted by atomic mass is 10.2. The molecule has 7 heteroatoms. The van der Waals surface area contributed by atoms with Crippen LogP contribution in [0.5, 0.6) is 0 Å². The van der Waals surface area contributed by atoms with Gasteiger partial charge >= 0.3 is 7.82 Å². The van der Waals surface area contributed by atoms with Gasteiger partial charge in [-0.1, -0.05) is 68.4 Å². The first-order chi connectivity index (χ1) is 14.3. The molecule has 0 saturated carbocycles. The molecular weight excluding hydrogens is 401 g/mol. The van der Waals surface area contributed by atoms with E-state index in [2.05, 4.69) is 65.4 Å². The zero-order chi connectivity index (χ0) is 22.5. The van der Waals surface area contributed by atoms with Crippen molar-refractivity contribution in [1.82, 2.24) is 5.32 Å². The average Bonchev–Trinajstić information content (AvgIpc) is 2.68. The molecule has 0 radical (unpaired) electrons. The molecule has 0 bridgehead atoms. The lowest BCUT2D eigenvalue weighted by Gasteiger charge is -2.14. The van der Waals surface area contributed by atoms with Crippen LogP contribution in [0.15, 0.2) is 48.6 Å². The number of unbranched alkanes of at least 4 members (excludes halogenated alkanes) is 4. The van der Waals surface area contributed by atoms with Crippen LogP contribution < -0.4 is 5.32 Å². The molecule has 1 unspecified atom stereocenters. The number of allylic oxidation sites excluding steroid dienone is 8. The Kier molecular flexibility index (Phi) is 18.6. The Morgan fingerprint density at radius 1 is 0.900 bits per heavy atom. The molecule has 0 spiro atoms. The molecule has 0 aliphatic heterocycles. The minimum atomic E-state index is -4.49. The molecule has 0 fully saturated rings. The number of amides is 1. The van der Waals surface area contributed by atoms with Gasteiger partial charge in [-0.15, -0.1) is 0 Å². The summed E-state index contributed by atoms with van der Waals surface area (Å²) >= 11 is 0. The fourth-order valence-electron chi connectivity index (χ4n) is 2.54. The van der Waals surface area contributed by atoms with Crippen molar-refractivity contribution in [3.8, 4) is 0 Å². The highest BCUT2D eigenvalue weighted by Crippen LogP contribution is 2.35. The van der Waals surface area contributed by atoms with E-state index in [0.29, 0.717) is 6.42 Å². The van der Waals surface area contributed by atoms with E-state index in [4.69, 9.17) is 9.79 Å². The Bertz CT molecular complexity index is 592. The average molecular weight is 442 g/mol. The first-order valence-corrected chi connectivity index (χ1v) is 12.5. The van der Waals surface area contributed by atoms with Crippen molar-refractivity contribution in [2.24, 2.45) is 0 Å². The first kappa shape index (κ1) is 28.5. The highest BCUT2D eigenvalue weighted by atomic mass is 31.2. The van der Waals surface area contributed by atoms with Crippen molar-refractivity contribution in [2.75, 3.05) is 6.61 Å². The zero-order valence-corrected chi connectivity index (χ0v) is 19.4. The fourth-order valence-corrected chi connectivity index (χ4v) is 2.96. The molecule has 0 aromatic heterocycles. The quantitative estimate of drug-likeness (QED) is 0.143. The number of hydrogen-bond donors (Lipinski definition) is 3. The van der Waals surface area contributed by atoms with Crippen LogP contribution in [-0.2, 0) is 13.9 Å². The minimum Gasteiger partial charge on any atom is -0.351 e. The number of carbonyl (C=O) groups is 1. The van der Waals surface area contributed by atoms with E-state index < -0.39 is 13.9 Å². The van der Waals surface area contributed by atoms with E-state index in [1.54, 1.807) is 6.92 Å². The van der Waals surface area contributed by atoms with Gasteiger partial charge < -0.3 is 15.1 Å². The van der Waals surface area contributed by atoms with Crippen LogP contribution in [0.2, 0.25) is 0 Å². The van der Waals surface area contributed by atoms with Crippen molar-refractivity contribution in [2.45, 2.75) is 84.1 Å². The van der Waals surface area contributed by atoms with Crippen molar-refractivity contribution in [1.29, 1.82) is 0 Å². The summed E-state index contributed by atoms with van der Waals surface area (Å²) in [4.78, 5) is 29.0. The highest BCUT2D eigenvalue weighted by Gasteiger charge is 2.16. The van der Waals surface area contributed by atoms with Gasteiger partial charge in [0.1, 0.15) is 0 Å². The van der Waals surface area contributed by atoms with Crippen LogP contribution in [0.3, 0.4) is 0 Å². The summed E-state index contributed by atoms with van der Waals surface area (Å²) in [6.45, 7) is 3.65. The third-order valence-corrected chi connectivity index (χ3v) is 4.62. The van der Waals surface area contributed by atoms with E-state index in [1.807, 2.05) is 0 Å². The van der Waals surface area contributed by atoms with Crippen LogP contribution in [0.4, 0.5) is 0 Å². The molecule has 3 N–H and O–H groups in total. The minimum absolute atomic E-state index is 0.146. The lowest BCUT2D eigenvalue weighted by molar-refractivity contribution is -0.122. The molecule has 0 aliphatic rings. The summed E-state index contributed by atoms with van der Waals surface area (Å²) in [6.07, 6.45) is 27.1. The number of phosphoric acid groups is 1. The van der Waals surface area contributed by atoms with Gasteiger partial charge in [0, 0.05) is 12.5 Å². The van der Waals surface area contributed by atoms with Crippen molar-refractivity contribution >= 4 is 13.7 Å². The van der Waals surface area contributed by atoms with Gasteiger partial charge in [-0.25, -0.2) is 4.57 Å². The summed E-state index contributed by atoms with van der Waals surface area (Å²) in [7, 11) is -4.49. The fraction of sp³-hybridized carbons (Fsp3) is 0.609. The molecule has 0 aliphatic carbocycles. The van der Waals surface area contributed by atoms with E-state index >= 15 is 0 Å². The summed E-state index contributed by atoms with van der Waals surface area (Å²) < 4.78 is 15.0. The molecule has 0 saturated heterocycles. The summed E-state index contributed by atoms with van der Waals surface area (Å²) in [6, 6.07) is -0.443. The largest absolute Gasteiger partial charge is 0.469 e. The number of rotatable bonds is 18. The first-order valence-electron chi connectivity index (χ1n) is 10.9. The van der Waals surface area contributed by atoms with Crippen LogP contribution in [0.25, 0.3) is 0 Å². The Morgan fingerprint density at radius 2 is 1.40 bits per heavy atom. The second-order valence-corrected chi connectivity index (χ2v) is 8.47. The van der Waals surface area contributed by atoms with Gasteiger partial charge in [0.15, 0.2) is 0 Å². The van der Waals surface area contributed by atoms with Gasteiger partial charge in [0.25, 0.3) is 0 Å². The summed E-state index contributed by atoms with van der Waals surface area (Å²) in [5.41, 5.74) is 0. The summed E-state index contributed by atoms with van der Waals surface area (Å²) in [5.74, 6) is -0.146. The molecule has 0 heterocycles. The predicted octanol–water partition coefficient (Wildman–Crippen LogP) is 5.75. The highest BCUT2D eigenvalue weighted by molar-refractivity contribution is 7.46. The molecule has 0 rings (SSSR count). The molecule has 0 aromatic carbocycles. The SMILES string of the molecule is CCCCCC=CCC=CCC=CCC=CCCCC(=O)NC(C)COP(=O)(O)O. The van der Waals surface area contributed by atoms with Crippen LogP contribution >= 0.6 is 7.82 Å². The Morgan fingerprint density at radius 3 is 1.90 bits per heavy atom. The number of nitrogens with one attached hydrogen (secondary N) is 1. The van der Waals surface area contributed by atoms with Crippen LogP contribution in [0, 0.1) is 0 Å². The Balaban J connectivity index is 3.62. The Hall–Kier alpha value is -1.46. The third-order valence-electron chi connectivity index (χ3n) is 4.13. The number of phosphoric ester groups is 1. The zero-order valence-electron chi connectivity index (χ0n) is 18.5. The van der Waals surface area contributed by atoms with Gasteiger partial charge in [-0.05, 0) is 51.9 Å². The van der Waals surface area contributed by atoms with Gasteiger partial charge in [0.2, 0.25) is 5.91 Å². The van der Waals surface area contributed by atoms with E-state index in [-0.39, 0.29) is 12.5 Å². The number of carbonyl (C=O) groups excluding carboxylic acids is 1.